The van der Waals surface area contributed by atoms with Crippen molar-refractivity contribution in [2.45, 2.75) is 24.9 Å². The Kier molecular flexibility index (Phi) is 9.18. The summed E-state index contributed by atoms with van der Waals surface area (Å²) < 4.78 is 9.80. The van der Waals surface area contributed by atoms with Gasteiger partial charge in [-0.1, -0.05) is 60.7 Å². The number of carbonyl (C=O) groups is 2. The molecule has 2 atom stereocenters. The van der Waals surface area contributed by atoms with E-state index in [0.29, 0.717) is 25.9 Å². The van der Waals surface area contributed by atoms with Gasteiger partial charge in [0.25, 0.3) is 0 Å². The fourth-order valence-electron chi connectivity index (χ4n) is 2.95. The van der Waals surface area contributed by atoms with Crippen LogP contribution in [-0.4, -0.2) is 51.3 Å². The topological polar surface area (TPSA) is 76.7 Å². The summed E-state index contributed by atoms with van der Waals surface area (Å²) in [5.41, 5.74) is 2.10. The van der Waals surface area contributed by atoms with Gasteiger partial charge in [0.2, 0.25) is 0 Å². The monoisotopic (exact) mass is 384 g/mol. The van der Waals surface area contributed by atoms with Crippen LogP contribution in [0.4, 0.5) is 0 Å². The summed E-state index contributed by atoms with van der Waals surface area (Å²) in [6, 6.07) is 18.6. The molecule has 0 spiro atoms. The highest BCUT2D eigenvalue weighted by Crippen LogP contribution is 2.06. The van der Waals surface area contributed by atoms with Gasteiger partial charge < -0.3 is 20.1 Å². The Balaban J connectivity index is 1.86. The maximum Gasteiger partial charge on any atom is 0.323 e. The summed E-state index contributed by atoms with van der Waals surface area (Å²) in [6.45, 7) is 1.02. The molecule has 0 saturated heterocycles. The molecular weight excluding hydrogens is 356 g/mol. The van der Waals surface area contributed by atoms with E-state index in [1.54, 1.807) is 0 Å². The molecule has 6 nitrogen and oxygen atoms in total. The zero-order valence-corrected chi connectivity index (χ0v) is 16.4. The predicted molar refractivity (Wildman–Crippen MR) is 108 cm³/mol. The van der Waals surface area contributed by atoms with Crippen molar-refractivity contribution in [2.75, 3.05) is 27.3 Å². The molecular formula is C22H28N2O4. The van der Waals surface area contributed by atoms with E-state index in [1.165, 1.54) is 14.2 Å². The number of carbonyl (C=O) groups excluding carboxylic acids is 2. The Morgan fingerprint density at radius 1 is 0.714 bits per heavy atom. The number of hydrogen-bond acceptors (Lipinski definition) is 6. The third-order valence-corrected chi connectivity index (χ3v) is 4.44. The molecule has 2 rings (SSSR count). The van der Waals surface area contributed by atoms with Crippen LogP contribution in [0.1, 0.15) is 11.1 Å². The smallest absolute Gasteiger partial charge is 0.323 e. The Morgan fingerprint density at radius 2 is 1.07 bits per heavy atom. The number of rotatable bonds is 11. The first-order chi connectivity index (χ1) is 13.6. The summed E-state index contributed by atoms with van der Waals surface area (Å²) in [5, 5.41) is 6.41. The molecule has 0 aromatic heterocycles. The lowest BCUT2D eigenvalue weighted by Gasteiger charge is -2.19. The average Bonchev–Trinajstić information content (AvgIpc) is 2.75. The lowest BCUT2D eigenvalue weighted by atomic mass is 10.1. The molecule has 2 aromatic carbocycles. The molecule has 0 aliphatic carbocycles. The van der Waals surface area contributed by atoms with Gasteiger partial charge >= 0.3 is 11.9 Å². The fourth-order valence-corrected chi connectivity index (χ4v) is 2.95. The fraction of sp³-hybridized carbons (Fsp3) is 0.364. The third kappa shape index (κ3) is 7.13. The molecule has 0 aliphatic rings. The number of hydrogen-bond donors (Lipinski definition) is 2. The van der Waals surface area contributed by atoms with Crippen LogP contribution in [0.2, 0.25) is 0 Å². The van der Waals surface area contributed by atoms with E-state index >= 15 is 0 Å². The number of esters is 2. The van der Waals surface area contributed by atoms with Crippen molar-refractivity contribution in [3.05, 3.63) is 71.8 Å². The van der Waals surface area contributed by atoms with E-state index in [1.807, 2.05) is 60.7 Å². The van der Waals surface area contributed by atoms with E-state index in [-0.39, 0.29) is 11.9 Å². The normalized spacial score (nSPS) is 12.8. The Hall–Kier alpha value is -2.70. The molecule has 0 amide bonds. The van der Waals surface area contributed by atoms with Gasteiger partial charge in [-0.15, -0.1) is 0 Å². The highest BCUT2D eigenvalue weighted by molar-refractivity contribution is 5.76. The lowest BCUT2D eigenvalue weighted by molar-refractivity contribution is -0.144. The first-order valence-electron chi connectivity index (χ1n) is 9.34. The minimum atomic E-state index is -0.445. The van der Waals surface area contributed by atoms with Gasteiger partial charge in [-0.25, -0.2) is 0 Å². The van der Waals surface area contributed by atoms with Gasteiger partial charge in [0, 0.05) is 13.1 Å². The van der Waals surface area contributed by atoms with Crippen molar-refractivity contribution in [1.29, 1.82) is 0 Å². The summed E-state index contributed by atoms with van der Waals surface area (Å²) >= 11 is 0. The zero-order chi connectivity index (χ0) is 20.2. The van der Waals surface area contributed by atoms with Gasteiger partial charge in [-0.05, 0) is 24.0 Å². The molecule has 2 N–H and O–H groups in total. The van der Waals surface area contributed by atoms with Crippen molar-refractivity contribution in [3.63, 3.8) is 0 Å². The van der Waals surface area contributed by atoms with E-state index in [0.717, 1.165) is 11.1 Å². The molecule has 0 heterocycles. The molecule has 0 aliphatic heterocycles. The van der Waals surface area contributed by atoms with E-state index in [2.05, 4.69) is 10.6 Å². The molecule has 0 unspecified atom stereocenters. The quantitative estimate of drug-likeness (QED) is 0.454. The summed E-state index contributed by atoms with van der Waals surface area (Å²) in [7, 11) is 2.76. The first kappa shape index (κ1) is 21.6. The van der Waals surface area contributed by atoms with Crippen molar-refractivity contribution < 1.29 is 19.1 Å². The van der Waals surface area contributed by atoms with Crippen molar-refractivity contribution in [1.82, 2.24) is 10.6 Å². The highest BCUT2D eigenvalue weighted by atomic mass is 16.5. The maximum absolute atomic E-state index is 12.1. The number of methoxy groups -OCH3 is 2. The maximum atomic E-state index is 12.1. The van der Waals surface area contributed by atoms with Crippen LogP contribution in [-0.2, 0) is 31.9 Å². The second-order valence-corrected chi connectivity index (χ2v) is 6.44. The minimum Gasteiger partial charge on any atom is -0.468 e. The van der Waals surface area contributed by atoms with Crippen molar-refractivity contribution in [2.24, 2.45) is 0 Å². The highest BCUT2D eigenvalue weighted by Gasteiger charge is 2.21. The standard InChI is InChI=1S/C22H28N2O4/c1-27-21(25)19(15-17-9-5-3-6-10-17)23-13-14-24-20(22(26)28-2)16-18-11-7-4-8-12-18/h3-12,19-20,23-24H,13-16H2,1-2H3/t19-,20-/m0/s1. The minimum absolute atomic E-state index is 0.308. The third-order valence-electron chi connectivity index (χ3n) is 4.44. The van der Waals surface area contributed by atoms with Gasteiger partial charge in [0.05, 0.1) is 14.2 Å². The number of ether oxygens (including phenoxy) is 2. The van der Waals surface area contributed by atoms with Gasteiger partial charge in [0.15, 0.2) is 0 Å². The first-order valence-corrected chi connectivity index (χ1v) is 9.34. The molecule has 2 aromatic rings. The second kappa shape index (κ2) is 11.9. The van der Waals surface area contributed by atoms with Crippen LogP contribution < -0.4 is 10.6 Å². The number of benzene rings is 2. The van der Waals surface area contributed by atoms with Crippen LogP contribution in [0.15, 0.2) is 60.7 Å². The van der Waals surface area contributed by atoms with Gasteiger partial charge in [0.1, 0.15) is 12.1 Å². The summed E-state index contributed by atoms with van der Waals surface area (Å²) in [6.07, 6.45) is 1.08. The Morgan fingerprint density at radius 3 is 1.39 bits per heavy atom. The lowest BCUT2D eigenvalue weighted by Crippen LogP contribution is -2.46. The number of nitrogens with one attached hydrogen (secondary N) is 2. The molecule has 6 heteroatoms. The van der Waals surface area contributed by atoms with Gasteiger partial charge in [-0.3, -0.25) is 9.59 Å². The van der Waals surface area contributed by atoms with Crippen LogP contribution in [0.25, 0.3) is 0 Å². The predicted octanol–water partition coefficient (Wildman–Crippen LogP) is 1.73. The summed E-state index contributed by atoms with van der Waals surface area (Å²) in [4.78, 5) is 24.1. The zero-order valence-electron chi connectivity index (χ0n) is 16.4. The van der Waals surface area contributed by atoms with E-state index in [9.17, 15) is 9.59 Å². The molecule has 150 valence electrons. The van der Waals surface area contributed by atoms with E-state index < -0.39 is 12.1 Å². The largest absolute Gasteiger partial charge is 0.468 e. The molecule has 0 radical (unpaired) electrons. The van der Waals surface area contributed by atoms with Crippen LogP contribution in [0.3, 0.4) is 0 Å². The van der Waals surface area contributed by atoms with Crippen LogP contribution in [0.5, 0.6) is 0 Å². The van der Waals surface area contributed by atoms with Crippen molar-refractivity contribution in [3.8, 4) is 0 Å². The molecule has 0 saturated carbocycles. The SMILES string of the molecule is COC(=O)[C@H](Cc1ccccc1)NCCN[C@@H](Cc1ccccc1)C(=O)OC. The van der Waals surface area contributed by atoms with Crippen molar-refractivity contribution >= 4 is 11.9 Å². The summed E-state index contributed by atoms with van der Waals surface area (Å²) in [5.74, 6) is -0.615. The molecule has 0 fully saturated rings. The van der Waals surface area contributed by atoms with Crippen LogP contribution >= 0.6 is 0 Å². The molecule has 28 heavy (non-hydrogen) atoms. The average molecular weight is 384 g/mol. The molecule has 0 bridgehead atoms. The van der Waals surface area contributed by atoms with E-state index in [4.69, 9.17) is 9.47 Å². The van der Waals surface area contributed by atoms with Crippen LogP contribution in [0, 0.1) is 0 Å². The Bertz CT molecular complexity index is 658. The second-order valence-electron chi connectivity index (χ2n) is 6.44. The Labute approximate surface area is 166 Å². The van der Waals surface area contributed by atoms with Gasteiger partial charge in [-0.2, -0.15) is 0 Å².